The summed E-state index contributed by atoms with van der Waals surface area (Å²) >= 11 is 0. The highest BCUT2D eigenvalue weighted by Gasteiger charge is 2.06. The van der Waals surface area contributed by atoms with Crippen LogP contribution < -0.4 is 10.6 Å². The molecule has 0 aliphatic heterocycles. The molecule has 2 N–H and O–H groups in total. The summed E-state index contributed by atoms with van der Waals surface area (Å²) in [5.41, 5.74) is 3.45. The van der Waals surface area contributed by atoms with Gasteiger partial charge in [-0.15, -0.1) is 0 Å². The molecule has 0 radical (unpaired) electrons. The third-order valence-electron chi connectivity index (χ3n) is 3.84. The molecule has 0 amide bonds. The Kier molecular flexibility index (Phi) is 7.98. The topological polar surface area (TPSA) is 63.5 Å². The lowest BCUT2D eigenvalue weighted by Crippen LogP contribution is -2.39. The minimum absolute atomic E-state index is 0.669. The quantitative estimate of drug-likeness (QED) is 0.417. The number of aryl methyl sites for hydroxylation is 2. The normalized spacial score (nSPS) is 11.6. The van der Waals surface area contributed by atoms with Crippen LogP contribution in [0, 0.1) is 6.92 Å². The van der Waals surface area contributed by atoms with Crippen molar-refractivity contribution in [2.75, 3.05) is 33.4 Å². The van der Waals surface area contributed by atoms with Gasteiger partial charge in [-0.3, -0.25) is 4.99 Å². The SMILES string of the molecule is CCNC(=NCCCc1cn(-c2ccccc2)nc1C)NCCOC. The highest BCUT2D eigenvalue weighted by Crippen LogP contribution is 2.13. The maximum absolute atomic E-state index is 5.05. The van der Waals surface area contributed by atoms with Gasteiger partial charge in [0, 0.05) is 32.9 Å². The van der Waals surface area contributed by atoms with Crippen molar-refractivity contribution in [3.05, 3.63) is 47.8 Å². The van der Waals surface area contributed by atoms with Crippen molar-refractivity contribution in [2.24, 2.45) is 4.99 Å². The van der Waals surface area contributed by atoms with Crippen LogP contribution in [0.4, 0.5) is 0 Å². The maximum atomic E-state index is 5.05. The molecular weight excluding hydrogens is 314 g/mol. The molecule has 2 aromatic rings. The summed E-state index contributed by atoms with van der Waals surface area (Å²) in [5, 5.41) is 11.1. The summed E-state index contributed by atoms with van der Waals surface area (Å²) in [4.78, 5) is 4.61. The summed E-state index contributed by atoms with van der Waals surface area (Å²) in [6.07, 6.45) is 4.08. The van der Waals surface area contributed by atoms with E-state index in [0.717, 1.165) is 49.8 Å². The van der Waals surface area contributed by atoms with E-state index in [1.54, 1.807) is 7.11 Å². The number of nitrogens with zero attached hydrogens (tertiary/aromatic N) is 3. The summed E-state index contributed by atoms with van der Waals surface area (Å²) < 4.78 is 7.00. The number of methoxy groups -OCH3 is 1. The molecule has 6 heteroatoms. The number of nitrogens with one attached hydrogen (secondary N) is 2. The fourth-order valence-electron chi connectivity index (χ4n) is 2.53. The van der Waals surface area contributed by atoms with Crippen LogP contribution in [0.15, 0.2) is 41.5 Å². The van der Waals surface area contributed by atoms with E-state index < -0.39 is 0 Å². The second-order valence-electron chi connectivity index (χ2n) is 5.80. The molecule has 0 spiro atoms. The van der Waals surface area contributed by atoms with Gasteiger partial charge < -0.3 is 15.4 Å². The van der Waals surface area contributed by atoms with Crippen LogP contribution in [-0.2, 0) is 11.2 Å². The highest BCUT2D eigenvalue weighted by molar-refractivity contribution is 5.79. The van der Waals surface area contributed by atoms with E-state index in [-0.39, 0.29) is 0 Å². The fraction of sp³-hybridized carbons (Fsp3) is 0.474. The lowest BCUT2D eigenvalue weighted by Gasteiger charge is -2.10. The second kappa shape index (κ2) is 10.5. The highest BCUT2D eigenvalue weighted by atomic mass is 16.5. The minimum Gasteiger partial charge on any atom is -0.383 e. The Hall–Kier alpha value is -2.34. The number of benzene rings is 1. The van der Waals surface area contributed by atoms with Crippen molar-refractivity contribution in [2.45, 2.75) is 26.7 Å². The van der Waals surface area contributed by atoms with Crippen molar-refractivity contribution >= 4 is 5.96 Å². The molecule has 1 aromatic carbocycles. The van der Waals surface area contributed by atoms with E-state index in [1.165, 1.54) is 5.56 Å². The molecule has 1 heterocycles. The van der Waals surface area contributed by atoms with Crippen molar-refractivity contribution in [1.82, 2.24) is 20.4 Å². The lowest BCUT2D eigenvalue weighted by atomic mass is 10.1. The van der Waals surface area contributed by atoms with Crippen molar-refractivity contribution in [1.29, 1.82) is 0 Å². The van der Waals surface area contributed by atoms with Crippen LogP contribution in [0.1, 0.15) is 24.6 Å². The van der Waals surface area contributed by atoms with Crippen LogP contribution in [-0.4, -0.2) is 49.1 Å². The van der Waals surface area contributed by atoms with Crippen LogP contribution >= 0.6 is 0 Å². The van der Waals surface area contributed by atoms with Gasteiger partial charge in [0.1, 0.15) is 0 Å². The van der Waals surface area contributed by atoms with E-state index >= 15 is 0 Å². The largest absolute Gasteiger partial charge is 0.383 e. The van der Waals surface area contributed by atoms with Crippen molar-refractivity contribution in [3.8, 4) is 5.69 Å². The summed E-state index contributed by atoms with van der Waals surface area (Å²) in [6, 6.07) is 10.2. The predicted molar refractivity (Wildman–Crippen MR) is 102 cm³/mol. The van der Waals surface area contributed by atoms with Crippen LogP contribution in [0.25, 0.3) is 5.69 Å². The third-order valence-corrected chi connectivity index (χ3v) is 3.84. The van der Waals surface area contributed by atoms with Gasteiger partial charge in [-0.1, -0.05) is 18.2 Å². The lowest BCUT2D eigenvalue weighted by molar-refractivity contribution is 0.203. The monoisotopic (exact) mass is 343 g/mol. The molecular formula is C19H29N5O. The summed E-state index contributed by atoms with van der Waals surface area (Å²) in [7, 11) is 1.70. The van der Waals surface area contributed by atoms with E-state index in [2.05, 4.69) is 52.9 Å². The standard InChI is InChI=1S/C19H29N5O/c1-4-20-19(22-13-14-25-3)21-12-8-9-17-15-24(23-16(17)2)18-10-6-5-7-11-18/h5-7,10-11,15H,4,8-9,12-14H2,1-3H3,(H2,20,21,22). The zero-order valence-electron chi connectivity index (χ0n) is 15.5. The number of para-hydroxylation sites is 1. The Morgan fingerprint density at radius 2 is 2.04 bits per heavy atom. The number of hydrogen-bond acceptors (Lipinski definition) is 3. The molecule has 0 saturated heterocycles. The predicted octanol–water partition coefficient (Wildman–Crippen LogP) is 2.31. The maximum Gasteiger partial charge on any atom is 0.191 e. The minimum atomic E-state index is 0.669. The average Bonchev–Trinajstić information content (AvgIpc) is 3.00. The van der Waals surface area contributed by atoms with Gasteiger partial charge in [0.2, 0.25) is 0 Å². The van der Waals surface area contributed by atoms with Gasteiger partial charge in [0.25, 0.3) is 0 Å². The first-order valence-electron chi connectivity index (χ1n) is 8.86. The first-order chi connectivity index (χ1) is 12.2. The summed E-state index contributed by atoms with van der Waals surface area (Å²) in [5.74, 6) is 0.844. The van der Waals surface area contributed by atoms with E-state index in [0.29, 0.717) is 6.61 Å². The zero-order chi connectivity index (χ0) is 17.9. The Labute approximate surface area is 150 Å². The fourth-order valence-corrected chi connectivity index (χ4v) is 2.53. The first kappa shape index (κ1) is 19.0. The number of aliphatic imine (C=N–C) groups is 1. The van der Waals surface area contributed by atoms with Gasteiger partial charge in [-0.25, -0.2) is 4.68 Å². The average molecular weight is 343 g/mol. The van der Waals surface area contributed by atoms with Crippen molar-refractivity contribution in [3.63, 3.8) is 0 Å². The Bertz CT molecular complexity index is 651. The summed E-state index contributed by atoms with van der Waals surface area (Å²) in [6.45, 7) is 7.18. The van der Waals surface area contributed by atoms with Gasteiger partial charge in [0.05, 0.1) is 18.0 Å². The molecule has 25 heavy (non-hydrogen) atoms. The molecule has 1 aromatic heterocycles. The molecule has 136 valence electrons. The first-order valence-corrected chi connectivity index (χ1v) is 8.86. The van der Waals surface area contributed by atoms with Crippen LogP contribution in [0.2, 0.25) is 0 Å². The molecule has 0 fully saturated rings. The molecule has 6 nitrogen and oxygen atoms in total. The molecule has 0 aliphatic carbocycles. The number of aromatic nitrogens is 2. The van der Waals surface area contributed by atoms with E-state index in [4.69, 9.17) is 4.74 Å². The van der Waals surface area contributed by atoms with E-state index in [9.17, 15) is 0 Å². The second-order valence-corrected chi connectivity index (χ2v) is 5.80. The Morgan fingerprint density at radius 1 is 1.24 bits per heavy atom. The van der Waals surface area contributed by atoms with Gasteiger partial charge in [-0.2, -0.15) is 5.10 Å². The number of ether oxygens (including phenoxy) is 1. The molecule has 0 atom stereocenters. The van der Waals surface area contributed by atoms with E-state index in [1.807, 2.05) is 22.9 Å². The van der Waals surface area contributed by atoms with Crippen LogP contribution in [0.5, 0.6) is 0 Å². The zero-order valence-corrected chi connectivity index (χ0v) is 15.5. The van der Waals surface area contributed by atoms with Crippen molar-refractivity contribution < 1.29 is 4.74 Å². The molecule has 0 aliphatic rings. The van der Waals surface area contributed by atoms with Gasteiger partial charge in [0.15, 0.2) is 5.96 Å². The molecule has 2 rings (SSSR count). The molecule has 0 bridgehead atoms. The smallest absolute Gasteiger partial charge is 0.191 e. The third kappa shape index (κ3) is 6.23. The van der Waals surface area contributed by atoms with Gasteiger partial charge >= 0.3 is 0 Å². The number of guanidine groups is 1. The number of hydrogen-bond donors (Lipinski definition) is 2. The van der Waals surface area contributed by atoms with Gasteiger partial charge in [-0.05, 0) is 44.4 Å². The Balaban J connectivity index is 1.86. The number of rotatable bonds is 9. The molecule has 0 unspecified atom stereocenters. The Morgan fingerprint density at radius 3 is 2.76 bits per heavy atom. The van der Waals surface area contributed by atoms with Crippen LogP contribution in [0.3, 0.4) is 0 Å². The molecule has 0 saturated carbocycles.